The summed E-state index contributed by atoms with van der Waals surface area (Å²) >= 11 is 1.21. The Labute approximate surface area is 106 Å². The summed E-state index contributed by atoms with van der Waals surface area (Å²) in [6.45, 7) is 0.551. The molecule has 3 nitrogen and oxygen atoms in total. The molecule has 0 amide bonds. The zero-order valence-corrected chi connectivity index (χ0v) is 10.1. The minimum Gasteiger partial charge on any atom is -0.307 e. The number of hydrogen-bond acceptors (Lipinski definition) is 4. The second-order valence-corrected chi connectivity index (χ2v) is 4.26. The van der Waals surface area contributed by atoms with Crippen LogP contribution in [0.1, 0.15) is 16.8 Å². The Bertz CT molecular complexity index is 496. The zero-order valence-electron chi connectivity index (χ0n) is 9.24. The van der Waals surface area contributed by atoms with E-state index in [0.29, 0.717) is 6.54 Å². The fourth-order valence-corrected chi connectivity index (χ4v) is 1.99. The van der Waals surface area contributed by atoms with Crippen molar-refractivity contribution in [2.24, 2.45) is 0 Å². The summed E-state index contributed by atoms with van der Waals surface area (Å²) in [5.41, 5.74) is 0.353. The van der Waals surface area contributed by atoms with Crippen LogP contribution in [0.2, 0.25) is 0 Å². The summed E-state index contributed by atoms with van der Waals surface area (Å²) in [7, 11) is 0. The quantitative estimate of drug-likeness (QED) is 0.930. The van der Waals surface area contributed by atoms with Crippen molar-refractivity contribution in [1.29, 1.82) is 0 Å². The van der Waals surface area contributed by atoms with Gasteiger partial charge in [-0.25, -0.2) is 0 Å². The van der Waals surface area contributed by atoms with Gasteiger partial charge in [0.25, 0.3) is 0 Å². The summed E-state index contributed by atoms with van der Waals surface area (Å²) < 4.78 is 41.8. The lowest BCUT2D eigenvalue weighted by Crippen LogP contribution is -2.17. The molecule has 0 saturated carbocycles. The van der Waals surface area contributed by atoms with Crippen LogP contribution in [-0.2, 0) is 19.3 Å². The molecule has 0 spiro atoms. The molecular weight excluding hydrogens is 263 g/mol. The highest BCUT2D eigenvalue weighted by Gasteiger charge is 2.32. The van der Waals surface area contributed by atoms with Gasteiger partial charge in [0.1, 0.15) is 0 Å². The van der Waals surface area contributed by atoms with Crippen molar-refractivity contribution in [3.05, 3.63) is 46.5 Å². The molecule has 0 aliphatic carbocycles. The van der Waals surface area contributed by atoms with E-state index in [-0.39, 0.29) is 12.1 Å². The van der Waals surface area contributed by atoms with E-state index in [1.54, 1.807) is 11.4 Å². The highest BCUT2D eigenvalue weighted by atomic mass is 32.1. The Morgan fingerprint density at radius 2 is 1.94 bits per heavy atom. The minimum atomic E-state index is -4.32. The van der Waals surface area contributed by atoms with Crippen molar-refractivity contribution in [3.8, 4) is 0 Å². The molecule has 0 bridgehead atoms. The van der Waals surface area contributed by atoms with Gasteiger partial charge in [-0.2, -0.15) is 13.2 Å². The molecule has 0 fully saturated rings. The highest BCUT2D eigenvalue weighted by Crippen LogP contribution is 2.31. The predicted molar refractivity (Wildman–Crippen MR) is 61.9 cm³/mol. The van der Waals surface area contributed by atoms with Gasteiger partial charge < -0.3 is 5.32 Å². The third-order valence-corrected chi connectivity index (χ3v) is 2.90. The molecule has 1 heterocycles. The van der Waals surface area contributed by atoms with Crippen LogP contribution in [0.3, 0.4) is 0 Å². The molecule has 96 valence electrons. The standard InChI is InChI=1S/C11H10F3N3S/c12-11(13,14)10-4-2-1-3-8(10)5-15-6-9-7-18-17-16-9/h1-4,7,15H,5-6H2. The van der Waals surface area contributed by atoms with Crippen molar-refractivity contribution in [1.82, 2.24) is 14.9 Å². The van der Waals surface area contributed by atoms with Gasteiger partial charge in [-0.3, -0.25) is 0 Å². The largest absolute Gasteiger partial charge is 0.416 e. The number of aromatic nitrogens is 2. The van der Waals surface area contributed by atoms with Crippen LogP contribution in [0.4, 0.5) is 13.2 Å². The Morgan fingerprint density at radius 3 is 2.61 bits per heavy atom. The lowest BCUT2D eigenvalue weighted by atomic mass is 10.1. The van der Waals surface area contributed by atoms with Gasteiger partial charge in [-0.1, -0.05) is 22.7 Å². The van der Waals surface area contributed by atoms with Crippen LogP contribution in [0, 0.1) is 0 Å². The third kappa shape index (κ3) is 3.27. The monoisotopic (exact) mass is 273 g/mol. The van der Waals surface area contributed by atoms with Gasteiger partial charge in [-0.05, 0) is 23.2 Å². The van der Waals surface area contributed by atoms with E-state index in [9.17, 15) is 13.2 Å². The third-order valence-electron chi connectivity index (χ3n) is 2.35. The summed E-state index contributed by atoms with van der Waals surface area (Å²) in [6.07, 6.45) is -4.32. The van der Waals surface area contributed by atoms with Gasteiger partial charge in [0.2, 0.25) is 0 Å². The normalized spacial score (nSPS) is 11.7. The van der Waals surface area contributed by atoms with Gasteiger partial charge in [0.15, 0.2) is 0 Å². The smallest absolute Gasteiger partial charge is 0.307 e. The molecular formula is C11H10F3N3S. The number of nitrogens with zero attached hydrogens (tertiary/aromatic N) is 2. The van der Waals surface area contributed by atoms with E-state index in [0.717, 1.165) is 11.8 Å². The Balaban J connectivity index is 2.01. The number of alkyl halides is 3. The number of rotatable bonds is 4. The Kier molecular flexibility index (Phi) is 3.93. The van der Waals surface area contributed by atoms with Crippen LogP contribution in [0.5, 0.6) is 0 Å². The SMILES string of the molecule is FC(F)(F)c1ccccc1CNCc1csnn1. The molecule has 2 rings (SSSR count). The average Bonchev–Trinajstić information content (AvgIpc) is 2.81. The van der Waals surface area contributed by atoms with Crippen molar-refractivity contribution < 1.29 is 13.2 Å². The van der Waals surface area contributed by atoms with Crippen LogP contribution in [-0.4, -0.2) is 9.59 Å². The molecule has 0 aliphatic rings. The van der Waals surface area contributed by atoms with Crippen molar-refractivity contribution in [3.63, 3.8) is 0 Å². The van der Waals surface area contributed by atoms with Gasteiger partial charge >= 0.3 is 6.18 Å². The molecule has 0 atom stereocenters. The van der Waals surface area contributed by atoms with Crippen LogP contribution in [0.15, 0.2) is 29.6 Å². The first-order valence-corrected chi connectivity index (χ1v) is 6.03. The summed E-state index contributed by atoms with van der Waals surface area (Å²) in [5, 5.41) is 8.48. The van der Waals surface area contributed by atoms with Crippen molar-refractivity contribution in [2.75, 3.05) is 0 Å². The van der Waals surface area contributed by atoms with E-state index >= 15 is 0 Å². The van der Waals surface area contributed by atoms with Crippen molar-refractivity contribution in [2.45, 2.75) is 19.3 Å². The molecule has 0 saturated heterocycles. The first-order valence-electron chi connectivity index (χ1n) is 5.19. The Morgan fingerprint density at radius 1 is 1.17 bits per heavy atom. The summed E-state index contributed by atoms with van der Waals surface area (Å²) in [4.78, 5) is 0. The maximum atomic E-state index is 12.7. The number of halogens is 3. The summed E-state index contributed by atoms with van der Waals surface area (Å²) in [6, 6.07) is 5.53. The lowest BCUT2D eigenvalue weighted by Gasteiger charge is -2.12. The predicted octanol–water partition coefficient (Wildman–Crippen LogP) is 2.85. The molecule has 18 heavy (non-hydrogen) atoms. The number of benzene rings is 1. The van der Waals surface area contributed by atoms with E-state index in [2.05, 4.69) is 14.9 Å². The van der Waals surface area contributed by atoms with Crippen LogP contribution in [0.25, 0.3) is 0 Å². The maximum absolute atomic E-state index is 12.7. The van der Waals surface area contributed by atoms with E-state index in [1.807, 2.05) is 0 Å². The second-order valence-electron chi connectivity index (χ2n) is 3.65. The van der Waals surface area contributed by atoms with E-state index in [4.69, 9.17) is 0 Å². The molecule has 1 aromatic heterocycles. The van der Waals surface area contributed by atoms with Gasteiger partial charge in [0.05, 0.1) is 11.3 Å². The first kappa shape index (κ1) is 13.0. The average molecular weight is 273 g/mol. The molecule has 1 aromatic carbocycles. The van der Waals surface area contributed by atoms with Gasteiger partial charge in [0, 0.05) is 18.5 Å². The fraction of sp³-hybridized carbons (Fsp3) is 0.273. The molecule has 0 radical (unpaired) electrons. The number of nitrogens with one attached hydrogen (secondary N) is 1. The molecule has 1 N–H and O–H groups in total. The Hall–Kier alpha value is -1.47. The number of hydrogen-bond donors (Lipinski definition) is 1. The molecule has 0 unspecified atom stereocenters. The van der Waals surface area contributed by atoms with Crippen molar-refractivity contribution >= 4 is 11.5 Å². The molecule has 2 aromatic rings. The lowest BCUT2D eigenvalue weighted by molar-refractivity contribution is -0.138. The topological polar surface area (TPSA) is 37.8 Å². The van der Waals surface area contributed by atoms with E-state index in [1.165, 1.54) is 23.7 Å². The van der Waals surface area contributed by atoms with Crippen LogP contribution < -0.4 is 5.32 Å². The minimum absolute atomic E-state index is 0.146. The molecule has 7 heteroatoms. The van der Waals surface area contributed by atoms with Gasteiger partial charge in [-0.15, -0.1) is 5.10 Å². The first-order chi connectivity index (χ1) is 8.57. The zero-order chi connectivity index (χ0) is 13.0. The second kappa shape index (κ2) is 5.45. The summed E-state index contributed by atoms with van der Waals surface area (Å²) in [5.74, 6) is 0. The van der Waals surface area contributed by atoms with Crippen LogP contribution >= 0.6 is 11.5 Å². The highest BCUT2D eigenvalue weighted by molar-refractivity contribution is 7.03. The maximum Gasteiger partial charge on any atom is 0.416 e. The van der Waals surface area contributed by atoms with E-state index < -0.39 is 11.7 Å². The molecule has 0 aliphatic heterocycles. The fourth-order valence-electron chi connectivity index (χ4n) is 1.54.